The van der Waals surface area contributed by atoms with E-state index < -0.39 is 0 Å². The van der Waals surface area contributed by atoms with Gasteiger partial charge in [0, 0.05) is 41.1 Å². The maximum atomic E-state index is 5.00. The predicted octanol–water partition coefficient (Wildman–Crippen LogP) is 7.70. The zero-order chi connectivity index (χ0) is 27.6. The van der Waals surface area contributed by atoms with Crippen molar-refractivity contribution in [1.29, 1.82) is 0 Å². The summed E-state index contributed by atoms with van der Waals surface area (Å²) in [6, 6.07) is 12.1. The summed E-state index contributed by atoms with van der Waals surface area (Å²) in [5.74, 6) is 0. The Morgan fingerprint density at radius 2 is 1.85 bits per heavy atom. The molecule has 5 aromatic rings. The van der Waals surface area contributed by atoms with Gasteiger partial charge >= 0.3 is 0 Å². The van der Waals surface area contributed by atoms with E-state index in [9.17, 15) is 0 Å². The van der Waals surface area contributed by atoms with Crippen molar-refractivity contribution in [3.8, 4) is 22.6 Å². The predicted molar refractivity (Wildman–Crippen MR) is 160 cm³/mol. The van der Waals surface area contributed by atoms with E-state index in [1.807, 2.05) is 42.6 Å². The van der Waals surface area contributed by atoms with Crippen molar-refractivity contribution < 1.29 is 0 Å². The number of H-pyrrole nitrogens is 2. The van der Waals surface area contributed by atoms with Gasteiger partial charge in [0.15, 0.2) is 0 Å². The van der Waals surface area contributed by atoms with Crippen LogP contribution in [0.3, 0.4) is 0 Å². The normalized spacial score (nSPS) is 12.1. The Labute approximate surface area is 228 Å². The molecule has 3 N–H and O–H groups in total. The molecule has 7 nitrogen and oxygen atoms in total. The number of pyridine rings is 3. The van der Waals surface area contributed by atoms with Crippen molar-refractivity contribution in [2.75, 3.05) is 5.32 Å². The van der Waals surface area contributed by atoms with Crippen LogP contribution in [0.2, 0.25) is 0 Å². The fourth-order valence-corrected chi connectivity index (χ4v) is 4.74. The number of aromatic amines is 2. The Morgan fingerprint density at radius 3 is 2.59 bits per heavy atom. The average molecular weight is 516 g/mol. The Hall–Kier alpha value is -4.78. The van der Waals surface area contributed by atoms with Crippen LogP contribution in [0.5, 0.6) is 0 Å². The second kappa shape index (κ2) is 10.5. The first kappa shape index (κ1) is 25.9. The van der Waals surface area contributed by atoms with Gasteiger partial charge in [0.1, 0.15) is 11.2 Å². The lowest BCUT2D eigenvalue weighted by atomic mass is 9.91. The van der Waals surface area contributed by atoms with E-state index in [2.05, 4.69) is 77.4 Å². The van der Waals surface area contributed by atoms with E-state index in [1.54, 1.807) is 24.7 Å². The fraction of sp³-hybridized carbons (Fsp3) is 0.188. The molecule has 0 amide bonds. The standard InChI is InChI=1S/C32H33N7/c1-7-8-25(22-11-13-33-14-12-22)26-16-29(36-21(26)3)31-30-28(38-39-31)10-9-27(37-30)23-15-24(19-34-18-23)35-20(2)17-32(4,5)6/h7-16,18-19,35-36H,1-2,17H2,3-6H3,(H,38,39)/b25-8-. The number of nitrogens with zero attached hydrogens (tertiary/aromatic N) is 4. The highest BCUT2D eigenvalue weighted by Crippen LogP contribution is 2.33. The summed E-state index contributed by atoms with van der Waals surface area (Å²) in [5.41, 5.74) is 11.2. The highest BCUT2D eigenvalue weighted by atomic mass is 15.1. The van der Waals surface area contributed by atoms with E-state index in [-0.39, 0.29) is 5.41 Å². The number of fused-ring (bicyclic) bond motifs is 1. The molecule has 5 rings (SSSR count). The SMILES string of the molecule is C=C/C=C(/c1ccncc1)c1cc(-c2n[nH]c3ccc(-c4cncc(NC(=C)CC(C)(C)C)c4)nc23)[nH]c1C. The quantitative estimate of drug-likeness (QED) is 0.184. The second-order valence-electron chi connectivity index (χ2n) is 10.9. The maximum absolute atomic E-state index is 5.00. The second-order valence-corrected chi connectivity index (χ2v) is 10.9. The molecule has 0 atom stereocenters. The first-order valence-corrected chi connectivity index (χ1v) is 12.9. The summed E-state index contributed by atoms with van der Waals surface area (Å²) in [6.07, 6.45) is 11.9. The molecule has 0 aromatic carbocycles. The van der Waals surface area contributed by atoms with Gasteiger partial charge in [0.2, 0.25) is 0 Å². The van der Waals surface area contributed by atoms with Crippen molar-refractivity contribution >= 4 is 22.3 Å². The molecule has 0 radical (unpaired) electrons. The largest absolute Gasteiger partial charge is 0.358 e. The number of allylic oxidation sites excluding steroid dienone is 3. The first-order valence-electron chi connectivity index (χ1n) is 12.9. The lowest BCUT2D eigenvalue weighted by Gasteiger charge is -2.20. The van der Waals surface area contributed by atoms with Crippen molar-refractivity contribution in [2.24, 2.45) is 5.41 Å². The molecular weight excluding hydrogens is 482 g/mol. The van der Waals surface area contributed by atoms with E-state index in [4.69, 9.17) is 4.98 Å². The zero-order valence-electron chi connectivity index (χ0n) is 22.8. The van der Waals surface area contributed by atoms with Crippen LogP contribution in [0.15, 0.2) is 92.2 Å². The highest BCUT2D eigenvalue weighted by Gasteiger charge is 2.18. The summed E-state index contributed by atoms with van der Waals surface area (Å²) in [5, 5.41) is 11.1. The molecule has 0 aliphatic heterocycles. The van der Waals surface area contributed by atoms with Gasteiger partial charge < -0.3 is 10.3 Å². The number of hydrogen-bond acceptors (Lipinski definition) is 5. The molecule has 5 heterocycles. The van der Waals surface area contributed by atoms with E-state index in [0.29, 0.717) is 0 Å². The van der Waals surface area contributed by atoms with Gasteiger partial charge in [-0.3, -0.25) is 15.1 Å². The van der Waals surface area contributed by atoms with Crippen molar-refractivity contribution in [3.63, 3.8) is 0 Å². The fourth-order valence-electron chi connectivity index (χ4n) is 4.74. The number of hydrogen-bond donors (Lipinski definition) is 3. The third-order valence-corrected chi connectivity index (χ3v) is 6.34. The Balaban J connectivity index is 1.49. The lowest BCUT2D eigenvalue weighted by Crippen LogP contribution is -2.10. The molecule has 0 aliphatic rings. The molecule has 0 saturated heterocycles. The number of aryl methyl sites for hydroxylation is 1. The zero-order valence-corrected chi connectivity index (χ0v) is 22.8. The third-order valence-electron chi connectivity index (χ3n) is 6.34. The molecule has 196 valence electrons. The minimum Gasteiger partial charge on any atom is -0.358 e. The van der Waals surface area contributed by atoms with Gasteiger partial charge in [-0.25, -0.2) is 4.98 Å². The average Bonchev–Trinajstić information content (AvgIpc) is 3.49. The Kier molecular flexibility index (Phi) is 6.98. The van der Waals surface area contributed by atoms with E-state index in [1.165, 1.54) is 0 Å². The van der Waals surface area contributed by atoms with Crippen LogP contribution in [0.4, 0.5) is 5.69 Å². The van der Waals surface area contributed by atoms with Crippen LogP contribution in [0.25, 0.3) is 39.3 Å². The van der Waals surface area contributed by atoms with Gasteiger partial charge in [0.25, 0.3) is 0 Å². The molecule has 0 fully saturated rings. The molecule has 0 saturated carbocycles. The molecule has 7 heteroatoms. The first-order chi connectivity index (χ1) is 18.7. The number of nitrogens with one attached hydrogen (secondary N) is 3. The third kappa shape index (κ3) is 5.72. The van der Waals surface area contributed by atoms with Crippen molar-refractivity contribution in [2.45, 2.75) is 34.1 Å². The van der Waals surface area contributed by atoms with Gasteiger partial charge in [0.05, 0.1) is 28.8 Å². The van der Waals surface area contributed by atoms with Gasteiger partial charge in [-0.05, 0) is 66.3 Å². The van der Waals surface area contributed by atoms with Crippen LogP contribution in [0.1, 0.15) is 44.0 Å². The van der Waals surface area contributed by atoms with Crippen LogP contribution >= 0.6 is 0 Å². The maximum Gasteiger partial charge on any atom is 0.135 e. The summed E-state index contributed by atoms with van der Waals surface area (Å²) in [6.45, 7) is 16.7. The lowest BCUT2D eigenvalue weighted by molar-refractivity contribution is 0.411. The summed E-state index contributed by atoms with van der Waals surface area (Å²) < 4.78 is 0. The van der Waals surface area contributed by atoms with Crippen molar-refractivity contribution in [3.05, 3.63) is 109 Å². The van der Waals surface area contributed by atoms with Crippen LogP contribution in [0, 0.1) is 12.3 Å². The van der Waals surface area contributed by atoms with Gasteiger partial charge in [-0.2, -0.15) is 5.10 Å². The monoisotopic (exact) mass is 515 g/mol. The molecule has 0 bridgehead atoms. The smallest absolute Gasteiger partial charge is 0.135 e. The molecule has 39 heavy (non-hydrogen) atoms. The van der Waals surface area contributed by atoms with Crippen molar-refractivity contribution in [1.82, 2.24) is 30.1 Å². The Morgan fingerprint density at radius 1 is 1.05 bits per heavy atom. The van der Waals surface area contributed by atoms with Gasteiger partial charge in [-0.15, -0.1) is 0 Å². The topological polar surface area (TPSA) is 95.2 Å². The molecular formula is C32H33N7. The Bertz CT molecular complexity index is 1680. The molecule has 0 aliphatic carbocycles. The summed E-state index contributed by atoms with van der Waals surface area (Å²) in [4.78, 5) is 17.1. The molecule has 0 unspecified atom stereocenters. The minimum atomic E-state index is 0.149. The summed E-state index contributed by atoms with van der Waals surface area (Å²) in [7, 11) is 0. The van der Waals surface area contributed by atoms with E-state index in [0.717, 1.165) is 73.9 Å². The number of rotatable bonds is 8. The number of anilines is 1. The molecule has 0 spiro atoms. The number of aromatic nitrogens is 6. The van der Waals surface area contributed by atoms with Gasteiger partial charge in [-0.1, -0.05) is 46.1 Å². The van der Waals surface area contributed by atoms with E-state index >= 15 is 0 Å². The summed E-state index contributed by atoms with van der Waals surface area (Å²) >= 11 is 0. The van der Waals surface area contributed by atoms with Crippen LogP contribution in [-0.2, 0) is 0 Å². The minimum absolute atomic E-state index is 0.149. The molecule has 5 aromatic heterocycles. The van der Waals surface area contributed by atoms with Crippen LogP contribution in [-0.4, -0.2) is 30.1 Å². The highest BCUT2D eigenvalue weighted by molar-refractivity contribution is 5.92. The van der Waals surface area contributed by atoms with Crippen LogP contribution < -0.4 is 5.32 Å².